The Morgan fingerprint density at radius 3 is 2.68 bits per heavy atom. The second-order valence-corrected chi connectivity index (χ2v) is 5.30. The highest BCUT2D eigenvalue weighted by molar-refractivity contribution is 5.94. The Morgan fingerprint density at radius 2 is 1.91 bits per heavy atom. The third kappa shape index (κ3) is 2.50. The molecule has 0 spiro atoms. The van der Waals surface area contributed by atoms with Gasteiger partial charge in [0.25, 0.3) is 0 Å². The molecule has 0 aliphatic rings. The summed E-state index contributed by atoms with van der Waals surface area (Å²) < 4.78 is 0. The minimum atomic E-state index is 0.518. The lowest BCUT2D eigenvalue weighted by Crippen LogP contribution is -2.14. The zero-order valence-electron chi connectivity index (χ0n) is 12.8. The summed E-state index contributed by atoms with van der Waals surface area (Å²) in [5.74, 6) is 1.28. The monoisotopic (exact) mass is 294 g/mol. The summed E-state index contributed by atoms with van der Waals surface area (Å²) >= 11 is 0. The molecule has 22 heavy (non-hydrogen) atoms. The van der Waals surface area contributed by atoms with Crippen molar-refractivity contribution in [2.75, 3.05) is 30.0 Å². The number of anilines is 4. The van der Waals surface area contributed by atoms with Crippen molar-refractivity contribution < 1.29 is 0 Å². The van der Waals surface area contributed by atoms with Gasteiger partial charge in [0, 0.05) is 30.9 Å². The lowest BCUT2D eigenvalue weighted by Gasteiger charge is -2.16. The van der Waals surface area contributed by atoms with Crippen LogP contribution in [0.5, 0.6) is 0 Å². The normalized spacial score (nSPS) is 10.7. The first-order chi connectivity index (χ1) is 10.6. The SMILES string of the molecule is Cc1ccc2c(Nc3ncnc(N(C)C)c3N)cccc2n1. The molecule has 0 aliphatic heterocycles. The lowest BCUT2D eigenvalue weighted by atomic mass is 10.1. The van der Waals surface area contributed by atoms with Gasteiger partial charge in [-0.25, -0.2) is 9.97 Å². The van der Waals surface area contributed by atoms with Crippen molar-refractivity contribution in [1.29, 1.82) is 0 Å². The third-order valence-electron chi connectivity index (χ3n) is 3.41. The summed E-state index contributed by atoms with van der Waals surface area (Å²) in [7, 11) is 3.79. The van der Waals surface area contributed by atoms with Crippen molar-refractivity contribution in [3.63, 3.8) is 0 Å². The maximum Gasteiger partial charge on any atom is 0.159 e. The number of hydrogen-bond acceptors (Lipinski definition) is 6. The van der Waals surface area contributed by atoms with Crippen LogP contribution in [-0.4, -0.2) is 29.0 Å². The minimum Gasteiger partial charge on any atom is -0.393 e. The van der Waals surface area contributed by atoms with Crippen molar-refractivity contribution >= 4 is 33.9 Å². The predicted molar refractivity (Wildman–Crippen MR) is 90.5 cm³/mol. The number of nitrogens with two attached hydrogens (primary N) is 1. The summed E-state index contributed by atoms with van der Waals surface area (Å²) in [6.45, 7) is 1.98. The van der Waals surface area contributed by atoms with Crippen LogP contribution in [0.4, 0.5) is 23.0 Å². The number of fused-ring (bicyclic) bond motifs is 1. The fourth-order valence-electron chi connectivity index (χ4n) is 2.34. The number of benzene rings is 1. The van der Waals surface area contributed by atoms with Crippen LogP contribution in [0.3, 0.4) is 0 Å². The third-order valence-corrected chi connectivity index (χ3v) is 3.41. The van der Waals surface area contributed by atoms with Crippen molar-refractivity contribution in [1.82, 2.24) is 15.0 Å². The molecule has 3 N–H and O–H groups in total. The molecule has 112 valence electrons. The molecule has 0 aliphatic carbocycles. The maximum atomic E-state index is 6.16. The molecule has 0 bridgehead atoms. The Balaban J connectivity index is 2.06. The molecule has 2 heterocycles. The van der Waals surface area contributed by atoms with Crippen LogP contribution < -0.4 is 16.0 Å². The maximum absolute atomic E-state index is 6.16. The first-order valence-corrected chi connectivity index (χ1v) is 6.97. The lowest BCUT2D eigenvalue weighted by molar-refractivity contribution is 1.04. The number of hydrogen-bond donors (Lipinski definition) is 2. The molecule has 0 atom stereocenters. The number of aryl methyl sites for hydroxylation is 1. The number of nitrogens with one attached hydrogen (secondary N) is 1. The van der Waals surface area contributed by atoms with E-state index in [0.29, 0.717) is 17.3 Å². The van der Waals surface area contributed by atoms with Gasteiger partial charge in [0.15, 0.2) is 11.6 Å². The van der Waals surface area contributed by atoms with Crippen LogP contribution in [0, 0.1) is 6.92 Å². The van der Waals surface area contributed by atoms with Gasteiger partial charge in [-0.15, -0.1) is 0 Å². The van der Waals surface area contributed by atoms with E-state index in [1.54, 1.807) is 0 Å². The van der Waals surface area contributed by atoms with E-state index in [1.165, 1.54) is 6.33 Å². The molecule has 6 nitrogen and oxygen atoms in total. The van der Waals surface area contributed by atoms with E-state index >= 15 is 0 Å². The smallest absolute Gasteiger partial charge is 0.159 e. The summed E-state index contributed by atoms with van der Waals surface area (Å²) in [5, 5.41) is 4.31. The molecule has 3 rings (SSSR count). The highest BCUT2D eigenvalue weighted by atomic mass is 15.2. The Kier molecular flexibility index (Phi) is 3.50. The molecule has 1 aromatic carbocycles. The topological polar surface area (TPSA) is 80.0 Å². The van der Waals surface area contributed by atoms with Crippen LogP contribution in [0.15, 0.2) is 36.7 Å². The van der Waals surface area contributed by atoms with Gasteiger partial charge in [-0.05, 0) is 31.2 Å². The minimum absolute atomic E-state index is 0.518. The molecule has 6 heteroatoms. The molecule has 0 saturated carbocycles. The fourth-order valence-corrected chi connectivity index (χ4v) is 2.34. The standard InChI is InChI=1S/C16H18N6/c1-10-7-8-11-12(20-10)5-4-6-13(11)21-15-14(17)16(22(2)3)19-9-18-15/h4-9H,17H2,1-3H3,(H,18,19,21). The number of nitrogen functional groups attached to an aromatic ring is 1. The van der Waals surface area contributed by atoms with Gasteiger partial charge in [-0.3, -0.25) is 4.98 Å². The van der Waals surface area contributed by atoms with Crippen LogP contribution in [0.2, 0.25) is 0 Å². The summed E-state index contributed by atoms with van der Waals surface area (Å²) in [5.41, 5.74) is 9.51. The number of pyridine rings is 1. The first-order valence-electron chi connectivity index (χ1n) is 6.97. The van der Waals surface area contributed by atoms with Gasteiger partial charge < -0.3 is 16.0 Å². The van der Waals surface area contributed by atoms with Gasteiger partial charge in [0.05, 0.1) is 5.52 Å². The van der Waals surface area contributed by atoms with Gasteiger partial charge >= 0.3 is 0 Å². The summed E-state index contributed by atoms with van der Waals surface area (Å²) in [6, 6.07) is 9.96. The van der Waals surface area contributed by atoms with Crippen molar-refractivity contribution in [2.45, 2.75) is 6.92 Å². The molecule has 0 amide bonds. The number of aromatic nitrogens is 3. The van der Waals surface area contributed by atoms with E-state index in [2.05, 4.69) is 20.3 Å². The second kappa shape index (κ2) is 5.48. The Hall–Kier alpha value is -2.89. The quantitative estimate of drug-likeness (QED) is 0.773. The highest BCUT2D eigenvalue weighted by Gasteiger charge is 2.11. The number of rotatable bonds is 3. The van der Waals surface area contributed by atoms with E-state index in [0.717, 1.165) is 22.3 Å². The molecular weight excluding hydrogens is 276 g/mol. The van der Waals surface area contributed by atoms with Crippen LogP contribution in [0.1, 0.15) is 5.69 Å². The van der Waals surface area contributed by atoms with Crippen molar-refractivity contribution in [2.24, 2.45) is 0 Å². The fraction of sp³-hybridized carbons (Fsp3) is 0.188. The van der Waals surface area contributed by atoms with Gasteiger partial charge in [-0.2, -0.15) is 0 Å². The van der Waals surface area contributed by atoms with Gasteiger partial charge in [-0.1, -0.05) is 6.07 Å². The summed E-state index contributed by atoms with van der Waals surface area (Å²) in [6.07, 6.45) is 1.50. The van der Waals surface area contributed by atoms with Gasteiger partial charge in [0.1, 0.15) is 12.0 Å². The predicted octanol–water partition coefficient (Wildman–Crippen LogP) is 2.73. The molecular formula is C16H18N6. The second-order valence-electron chi connectivity index (χ2n) is 5.30. The molecule has 0 radical (unpaired) electrons. The van der Waals surface area contributed by atoms with Crippen molar-refractivity contribution in [3.05, 3.63) is 42.4 Å². The van der Waals surface area contributed by atoms with Crippen molar-refractivity contribution in [3.8, 4) is 0 Å². The Morgan fingerprint density at radius 1 is 1.09 bits per heavy atom. The Bertz CT molecular complexity index is 828. The molecule has 3 aromatic rings. The zero-order valence-corrected chi connectivity index (χ0v) is 12.8. The average Bonchev–Trinajstić information content (AvgIpc) is 2.49. The zero-order chi connectivity index (χ0) is 15.7. The first kappa shape index (κ1) is 14.1. The van der Waals surface area contributed by atoms with E-state index in [4.69, 9.17) is 5.73 Å². The molecule has 0 saturated heterocycles. The van der Waals surface area contributed by atoms with E-state index < -0.39 is 0 Å². The molecule has 0 unspecified atom stereocenters. The Labute approximate surface area is 129 Å². The highest BCUT2D eigenvalue weighted by Crippen LogP contribution is 2.30. The molecule has 2 aromatic heterocycles. The van der Waals surface area contributed by atoms with Gasteiger partial charge in [0.2, 0.25) is 0 Å². The molecule has 0 fully saturated rings. The van der Waals surface area contributed by atoms with E-state index in [9.17, 15) is 0 Å². The summed E-state index contributed by atoms with van der Waals surface area (Å²) in [4.78, 5) is 14.8. The van der Waals surface area contributed by atoms with E-state index in [-0.39, 0.29) is 0 Å². The largest absolute Gasteiger partial charge is 0.393 e. The van der Waals surface area contributed by atoms with Crippen LogP contribution >= 0.6 is 0 Å². The van der Waals surface area contributed by atoms with Crippen LogP contribution in [0.25, 0.3) is 10.9 Å². The van der Waals surface area contributed by atoms with Crippen LogP contribution in [-0.2, 0) is 0 Å². The average molecular weight is 294 g/mol. The van der Waals surface area contributed by atoms with E-state index in [1.807, 2.05) is 56.3 Å². The number of nitrogens with zero attached hydrogens (tertiary/aromatic N) is 4.